The molecule has 6 nitrogen and oxygen atoms in total. The molecule has 1 saturated heterocycles. The Morgan fingerprint density at radius 2 is 1.95 bits per heavy atom. The van der Waals surface area contributed by atoms with Crippen LogP contribution in [0.2, 0.25) is 0 Å². The molecule has 1 heterocycles. The van der Waals surface area contributed by atoms with Crippen molar-refractivity contribution in [2.75, 3.05) is 20.8 Å². The van der Waals surface area contributed by atoms with Crippen molar-refractivity contribution >= 4 is 12.1 Å². The fourth-order valence-corrected chi connectivity index (χ4v) is 2.33. The first-order chi connectivity index (χ1) is 10.2. The molecule has 1 aliphatic rings. The van der Waals surface area contributed by atoms with Gasteiger partial charge >= 0.3 is 12.1 Å². The third-order valence-electron chi connectivity index (χ3n) is 3.51. The number of nitrogens with zero attached hydrogens (tertiary/aromatic N) is 1. The highest BCUT2D eigenvalue weighted by molar-refractivity contribution is 5.82. The van der Waals surface area contributed by atoms with Crippen molar-refractivity contribution in [2.24, 2.45) is 0 Å². The van der Waals surface area contributed by atoms with Crippen LogP contribution in [-0.2, 0) is 25.6 Å². The van der Waals surface area contributed by atoms with E-state index >= 15 is 0 Å². The van der Waals surface area contributed by atoms with Crippen LogP contribution in [-0.4, -0.2) is 49.9 Å². The number of ether oxygens (including phenoxy) is 3. The Morgan fingerprint density at radius 1 is 1.24 bits per heavy atom. The van der Waals surface area contributed by atoms with Gasteiger partial charge in [-0.15, -0.1) is 0 Å². The predicted octanol–water partition coefficient (Wildman–Crippen LogP) is 1.59. The molecule has 0 bridgehead atoms. The van der Waals surface area contributed by atoms with Gasteiger partial charge in [-0.2, -0.15) is 0 Å². The molecule has 0 spiro atoms. The van der Waals surface area contributed by atoms with Crippen LogP contribution in [0.3, 0.4) is 0 Å². The molecule has 0 aliphatic carbocycles. The molecule has 1 aliphatic heterocycles. The van der Waals surface area contributed by atoms with Gasteiger partial charge in [0.2, 0.25) is 0 Å². The number of hydrogen-bond donors (Lipinski definition) is 0. The first-order valence-corrected chi connectivity index (χ1v) is 6.73. The number of benzene rings is 1. The highest BCUT2D eigenvalue weighted by atomic mass is 16.6. The maximum absolute atomic E-state index is 12.2. The van der Waals surface area contributed by atoms with Crippen molar-refractivity contribution in [2.45, 2.75) is 25.2 Å². The molecular formula is C15H19NO5. The quantitative estimate of drug-likeness (QED) is 0.789. The zero-order chi connectivity index (χ0) is 15.2. The monoisotopic (exact) mass is 293 g/mol. The van der Waals surface area contributed by atoms with Crippen LogP contribution in [0.4, 0.5) is 4.79 Å². The fourth-order valence-electron chi connectivity index (χ4n) is 2.33. The van der Waals surface area contributed by atoms with Crippen molar-refractivity contribution in [1.29, 1.82) is 0 Å². The molecule has 2 rings (SSSR count). The summed E-state index contributed by atoms with van der Waals surface area (Å²) in [7, 11) is 2.85. The van der Waals surface area contributed by atoms with Crippen LogP contribution in [0, 0.1) is 0 Å². The minimum absolute atomic E-state index is 0.168. The van der Waals surface area contributed by atoms with E-state index in [9.17, 15) is 9.59 Å². The number of hydrogen-bond acceptors (Lipinski definition) is 5. The minimum atomic E-state index is -0.650. The molecule has 1 aromatic rings. The Bertz CT molecular complexity index is 490. The second kappa shape index (κ2) is 7.08. The first kappa shape index (κ1) is 15.3. The summed E-state index contributed by atoms with van der Waals surface area (Å²) in [5, 5.41) is 0. The highest BCUT2D eigenvalue weighted by Gasteiger charge is 2.41. The van der Waals surface area contributed by atoms with Crippen LogP contribution < -0.4 is 0 Å². The van der Waals surface area contributed by atoms with E-state index in [1.807, 2.05) is 30.3 Å². The standard InChI is InChI=1S/C15H19NO5/c1-19-12-8-13(14(17)20-2)16(9-12)15(18)21-10-11-6-4-3-5-7-11/h3-7,12-13H,8-10H2,1-2H3/t12?,13-/m0/s1. The number of esters is 1. The summed E-state index contributed by atoms with van der Waals surface area (Å²) in [4.78, 5) is 25.3. The molecule has 1 unspecified atom stereocenters. The van der Waals surface area contributed by atoms with Gasteiger partial charge in [0, 0.05) is 13.5 Å². The molecule has 1 fully saturated rings. The largest absolute Gasteiger partial charge is 0.467 e. The smallest absolute Gasteiger partial charge is 0.410 e. The van der Waals surface area contributed by atoms with Crippen LogP contribution in [0.15, 0.2) is 30.3 Å². The van der Waals surface area contributed by atoms with E-state index in [2.05, 4.69) is 0 Å². The third-order valence-corrected chi connectivity index (χ3v) is 3.51. The van der Waals surface area contributed by atoms with Crippen LogP contribution in [0.5, 0.6) is 0 Å². The third kappa shape index (κ3) is 3.72. The van der Waals surface area contributed by atoms with Crippen LogP contribution in [0.25, 0.3) is 0 Å². The number of rotatable bonds is 4. The molecule has 114 valence electrons. The maximum Gasteiger partial charge on any atom is 0.410 e. The summed E-state index contributed by atoms with van der Waals surface area (Å²) in [6.45, 7) is 0.492. The van der Waals surface area contributed by atoms with Crippen molar-refractivity contribution in [3.05, 3.63) is 35.9 Å². The number of carbonyl (C=O) groups is 2. The van der Waals surface area contributed by atoms with E-state index in [0.29, 0.717) is 13.0 Å². The highest BCUT2D eigenvalue weighted by Crippen LogP contribution is 2.22. The van der Waals surface area contributed by atoms with E-state index in [4.69, 9.17) is 14.2 Å². The van der Waals surface area contributed by atoms with Gasteiger partial charge < -0.3 is 14.2 Å². The summed E-state index contributed by atoms with van der Waals surface area (Å²) in [5.74, 6) is -0.453. The Balaban J connectivity index is 1.97. The predicted molar refractivity (Wildman–Crippen MR) is 74.6 cm³/mol. The van der Waals surface area contributed by atoms with Gasteiger partial charge in [-0.1, -0.05) is 30.3 Å². The molecule has 1 amide bonds. The van der Waals surface area contributed by atoms with Gasteiger partial charge in [0.05, 0.1) is 19.8 Å². The van der Waals surface area contributed by atoms with E-state index < -0.39 is 18.1 Å². The maximum atomic E-state index is 12.2. The number of carbonyl (C=O) groups excluding carboxylic acids is 2. The average Bonchev–Trinajstić information content (AvgIpc) is 2.97. The summed E-state index contributed by atoms with van der Waals surface area (Å²) < 4.78 is 15.2. The SMILES string of the molecule is COC(=O)[C@@H]1CC(OC)CN1C(=O)OCc1ccccc1. The molecule has 0 N–H and O–H groups in total. The second-order valence-corrected chi connectivity index (χ2v) is 4.82. The van der Waals surface area contributed by atoms with Crippen molar-refractivity contribution < 1.29 is 23.8 Å². The molecule has 6 heteroatoms. The van der Waals surface area contributed by atoms with Crippen LogP contribution >= 0.6 is 0 Å². The number of amides is 1. The Kier molecular flexibility index (Phi) is 5.16. The lowest BCUT2D eigenvalue weighted by atomic mass is 10.2. The van der Waals surface area contributed by atoms with E-state index in [0.717, 1.165) is 5.56 Å². The number of methoxy groups -OCH3 is 2. The van der Waals surface area contributed by atoms with Crippen LogP contribution in [0.1, 0.15) is 12.0 Å². The zero-order valence-corrected chi connectivity index (χ0v) is 12.2. The Morgan fingerprint density at radius 3 is 2.57 bits per heavy atom. The van der Waals surface area contributed by atoms with Crippen molar-refractivity contribution in [3.8, 4) is 0 Å². The van der Waals surface area contributed by atoms with E-state index in [1.54, 1.807) is 7.11 Å². The zero-order valence-electron chi connectivity index (χ0n) is 12.2. The normalized spacial score (nSPS) is 21.1. The Labute approximate surface area is 123 Å². The fraction of sp³-hybridized carbons (Fsp3) is 0.467. The average molecular weight is 293 g/mol. The topological polar surface area (TPSA) is 65.1 Å². The first-order valence-electron chi connectivity index (χ1n) is 6.73. The molecular weight excluding hydrogens is 274 g/mol. The molecule has 1 aromatic carbocycles. The Hall–Kier alpha value is -2.08. The minimum Gasteiger partial charge on any atom is -0.467 e. The second-order valence-electron chi connectivity index (χ2n) is 4.82. The van der Waals surface area contributed by atoms with Gasteiger partial charge in [0.15, 0.2) is 0 Å². The van der Waals surface area contributed by atoms with Gasteiger partial charge in [0.25, 0.3) is 0 Å². The lowest BCUT2D eigenvalue weighted by molar-refractivity contribution is -0.145. The summed E-state index contributed by atoms with van der Waals surface area (Å²) in [5.41, 5.74) is 0.892. The van der Waals surface area contributed by atoms with Crippen molar-refractivity contribution in [3.63, 3.8) is 0 Å². The van der Waals surface area contributed by atoms with Gasteiger partial charge in [-0.3, -0.25) is 4.90 Å². The lowest BCUT2D eigenvalue weighted by Gasteiger charge is -2.21. The number of likely N-dealkylation sites (tertiary alicyclic amines) is 1. The van der Waals surface area contributed by atoms with E-state index in [1.165, 1.54) is 12.0 Å². The van der Waals surface area contributed by atoms with Gasteiger partial charge in [-0.25, -0.2) is 9.59 Å². The molecule has 0 radical (unpaired) electrons. The van der Waals surface area contributed by atoms with E-state index in [-0.39, 0.29) is 12.7 Å². The summed E-state index contributed by atoms with van der Waals surface area (Å²) >= 11 is 0. The molecule has 0 saturated carbocycles. The van der Waals surface area contributed by atoms with Gasteiger partial charge in [-0.05, 0) is 5.56 Å². The molecule has 21 heavy (non-hydrogen) atoms. The lowest BCUT2D eigenvalue weighted by Crippen LogP contribution is -2.41. The molecule has 2 atom stereocenters. The molecule has 0 aromatic heterocycles. The summed E-state index contributed by atoms with van der Waals surface area (Å²) in [6, 6.07) is 8.72. The summed E-state index contributed by atoms with van der Waals surface area (Å²) in [6.07, 6.45) is -0.295. The van der Waals surface area contributed by atoms with Crippen molar-refractivity contribution in [1.82, 2.24) is 4.90 Å². The van der Waals surface area contributed by atoms with Gasteiger partial charge in [0.1, 0.15) is 12.6 Å².